The highest BCUT2D eigenvalue weighted by Crippen LogP contribution is 2.25. The zero-order valence-corrected chi connectivity index (χ0v) is 19.8. The van der Waals surface area contributed by atoms with Gasteiger partial charge in [0.25, 0.3) is 0 Å². The lowest BCUT2D eigenvalue weighted by molar-refractivity contribution is -0.129. The fraction of sp³-hybridized carbons (Fsp3) is 0.259. The molecule has 8 heteroatoms. The Kier molecular flexibility index (Phi) is 6.27. The number of imidazole rings is 1. The van der Waals surface area contributed by atoms with Crippen LogP contribution in [-0.4, -0.2) is 36.9 Å². The van der Waals surface area contributed by atoms with Crippen LogP contribution in [0.5, 0.6) is 0 Å². The summed E-state index contributed by atoms with van der Waals surface area (Å²) in [5.74, 6) is 1.25. The predicted octanol–water partition coefficient (Wildman–Crippen LogP) is 4.54. The van der Waals surface area contributed by atoms with Crippen molar-refractivity contribution in [3.63, 3.8) is 0 Å². The molecule has 1 amide bonds. The molecular weight excluding hydrogens is 443 g/mol. The van der Waals surface area contributed by atoms with Crippen LogP contribution in [0.15, 0.2) is 60.9 Å². The molecule has 1 aliphatic rings. The molecule has 4 aromatic rings. The van der Waals surface area contributed by atoms with Crippen molar-refractivity contribution in [3.05, 3.63) is 95.1 Å². The number of anilines is 2. The van der Waals surface area contributed by atoms with Crippen molar-refractivity contribution < 1.29 is 9.18 Å². The Balaban J connectivity index is 1.41. The first kappa shape index (κ1) is 22.7. The van der Waals surface area contributed by atoms with Gasteiger partial charge in [-0.05, 0) is 61.7 Å². The van der Waals surface area contributed by atoms with Crippen LogP contribution < -0.4 is 5.32 Å². The Morgan fingerprint density at radius 1 is 1.11 bits per heavy atom. The standard InChI is InChI=1S/C27H27FN6O/c1-18-29-13-15-34(18)23-9-7-22(8-10-23)30-27-31-25(11-6-20-4-3-5-21(28)16-20)24-17-33(19(2)35)14-12-26(24)32-27/h3-5,7-10,13,15-16H,6,11-12,14,17H2,1-2H3,(H,30,31,32). The first-order valence-electron chi connectivity index (χ1n) is 11.7. The molecule has 0 unspecified atom stereocenters. The van der Waals surface area contributed by atoms with E-state index in [0.29, 0.717) is 38.3 Å². The second kappa shape index (κ2) is 9.66. The van der Waals surface area contributed by atoms with Crippen LogP contribution >= 0.6 is 0 Å². The van der Waals surface area contributed by atoms with Gasteiger partial charge in [0.1, 0.15) is 11.6 Å². The fourth-order valence-corrected chi connectivity index (χ4v) is 4.45. The molecule has 0 radical (unpaired) electrons. The Morgan fingerprint density at radius 2 is 1.94 bits per heavy atom. The number of carbonyl (C=O) groups is 1. The topological polar surface area (TPSA) is 75.9 Å². The highest BCUT2D eigenvalue weighted by Gasteiger charge is 2.24. The Labute approximate surface area is 203 Å². The summed E-state index contributed by atoms with van der Waals surface area (Å²) in [5.41, 5.74) is 5.66. The number of fused-ring (bicyclic) bond motifs is 1. The minimum atomic E-state index is -0.244. The van der Waals surface area contributed by atoms with Crippen LogP contribution in [-0.2, 0) is 30.6 Å². The normalized spacial score (nSPS) is 12.9. The van der Waals surface area contributed by atoms with Gasteiger partial charge in [-0.1, -0.05) is 12.1 Å². The molecule has 7 nitrogen and oxygen atoms in total. The van der Waals surface area contributed by atoms with Crippen molar-refractivity contribution in [2.24, 2.45) is 0 Å². The zero-order valence-electron chi connectivity index (χ0n) is 19.8. The highest BCUT2D eigenvalue weighted by atomic mass is 19.1. The maximum atomic E-state index is 13.7. The van der Waals surface area contributed by atoms with Gasteiger partial charge >= 0.3 is 0 Å². The van der Waals surface area contributed by atoms with Gasteiger partial charge in [0.05, 0.1) is 11.4 Å². The predicted molar refractivity (Wildman–Crippen MR) is 132 cm³/mol. The maximum absolute atomic E-state index is 13.7. The van der Waals surface area contributed by atoms with Crippen LogP contribution in [0.3, 0.4) is 0 Å². The average Bonchev–Trinajstić information content (AvgIpc) is 3.28. The van der Waals surface area contributed by atoms with E-state index in [4.69, 9.17) is 9.97 Å². The van der Waals surface area contributed by atoms with Gasteiger partial charge in [0.15, 0.2) is 0 Å². The number of hydrogen-bond acceptors (Lipinski definition) is 5. The summed E-state index contributed by atoms with van der Waals surface area (Å²) in [5, 5.41) is 3.34. The van der Waals surface area contributed by atoms with E-state index in [0.717, 1.165) is 39.7 Å². The van der Waals surface area contributed by atoms with Gasteiger partial charge < -0.3 is 14.8 Å². The first-order chi connectivity index (χ1) is 17.0. The smallest absolute Gasteiger partial charge is 0.227 e. The first-order valence-corrected chi connectivity index (χ1v) is 11.7. The van der Waals surface area contributed by atoms with Crippen molar-refractivity contribution in [1.82, 2.24) is 24.4 Å². The molecule has 3 heterocycles. The van der Waals surface area contributed by atoms with Crippen LogP contribution in [0.1, 0.15) is 35.3 Å². The number of hydrogen-bond donors (Lipinski definition) is 1. The Morgan fingerprint density at radius 3 is 2.66 bits per heavy atom. The molecule has 0 bridgehead atoms. The van der Waals surface area contributed by atoms with Crippen molar-refractivity contribution in [3.8, 4) is 5.69 Å². The molecule has 1 aliphatic heterocycles. The lowest BCUT2D eigenvalue weighted by Gasteiger charge is -2.29. The van der Waals surface area contributed by atoms with Crippen molar-refractivity contribution in [1.29, 1.82) is 0 Å². The molecule has 2 aromatic heterocycles. The summed E-state index contributed by atoms with van der Waals surface area (Å²) in [6.07, 6.45) is 5.67. The van der Waals surface area contributed by atoms with Crippen LogP contribution in [0.2, 0.25) is 0 Å². The van der Waals surface area contributed by atoms with Crippen LogP contribution in [0, 0.1) is 12.7 Å². The summed E-state index contributed by atoms with van der Waals surface area (Å²) < 4.78 is 15.7. The van der Waals surface area contributed by atoms with E-state index in [9.17, 15) is 9.18 Å². The minimum Gasteiger partial charge on any atom is -0.338 e. The summed E-state index contributed by atoms with van der Waals surface area (Å²) in [4.78, 5) is 27.7. The van der Waals surface area contributed by atoms with Crippen molar-refractivity contribution >= 4 is 17.5 Å². The lowest BCUT2D eigenvalue weighted by Crippen LogP contribution is -2.35. The van der Waals surface area contributed by atoms with E-state index in [-0.39, 0.29) is 11.7 Å². The molecule has 0 fully saturated rings. The monoisotopic (exact) mass is 470 g/mol. The van der Waals surface area contributed by atoms with Gasteiger partial charge in [-0.3, -0.25) is 4.79 Å². The van der Waals surface area contributed by atoms with Gasteiger partial charge in [-0.25, -0.2) is 19.3 Å². The summed E-state index contributed by atoms with van der Waals surface area (Å²) in [6.45, 7) is 4.69. The molecule has 2 aromatic carbocycles. The van der Waals surface area contributed by atoms with Gasteiger partial charge in [-0.15, -0.1) is 0 Å². The number of aromatic nitrogens is 4. The van der Waals surface area contributed by atoms with Crippen LogP contribution in [0.25, 0.3) is 5.69 Å². The number of nitrogens with one attached hydrogen (secondary N) is 1. The van der Waals surface area contributed by atoms with Crippen molar-refractivity contribution in [2.75, 3.05) is 11.9 Å². The SMILES string of the molecule is CC(=O)N1CCc2nc(Nc3ccc(-n4ccnc4C)cc3)nc(CCc3cccc(F)c3)c2C1. The van der Waals surface area contributed by atoms with E-state index in [1.54, 1.807) is 25.3 Å². The number of benzene rings is 2. The zero-order chi connectivity index (χ0) is 24.4. The van der Waals surface area contributed by atoms with E-state index >= 15 is 0 Å². The summed E-state index contributed by atoms with van der Waals surface area (Å²) in [7, 11) is 0. The largest absolute Gasteiger partial charge is 0.338 e. The van der Waals surface area contributed by atoms with E-state index < -0.39 is 0 Å². The lowest BCUT2D eigenvalue weighted by atomic mass is 9.99. The second-order valence-corrected chi connectivity index (χ2v) is 8.76. The van der Waals surface area contributed by atoms with E-state index in [1.807, 2.05) is 52.9 Å². The van der Waals surface area contributed by atoms with Gasteiger partial charge in [0, 0.05) is 55.8 Å². The third kappa shape index (κ3) is 5.06. The third-order valence-electron chi connectivity index (χ3n) is 6.36. The van der Waals surface area contributed by atoms with E-state index in [2.05, 4.69) is 10.3 Å². The second-order valence-electron chi connectivity index (χ2n) is 8.76. The molecule has 0 spiro atoms. The van der Waals surface area contributed by atoms with E-state index in [1.165, 1.54) is 6.07 Å². The van der Waals surface area contributed by atoms with Crippen molar-refractivity contribution in [2.45, 2.75) is 39.7 Å². The van der Waals surface area contributed by atoms with Gasteiger partial charge in [0.2, 0.25) is 11.9 Å². The molecule has 1 N–H and O–H groups in total. The number of carbonyl (C=O) groups excluding carboxylic acids is 1. The summed E-state index contributed by atoms with van der Waals surface area (Å²) >= 11 is 0. The number of rotatable bonds is 6. The van der Waals surface area contributed by atoms with Gasteiger partial charge in [-0.2, -0.15) is 0 Å². The fourth-order valence-electron chi connectivity index (χ4n) is 4.45. The van der Waals surface area contributed by atoms with Crippen LogP contribution in [0.4, 0.5) is 16.0 Å². The molecule has 178 valence electrons. The number of halogens is 1. The molecular formula is C27H27FN6O. The average molecular weight is 471 g/mol. The Bertz CT molecular complexity index is 1360. The maximum Gasteiger partial charge on any atom is 0.227 e. The number of aryl methyl sites for hydroxylation is 3. The Hall–Kier alpha value is -4.07. The molecule has 5 rings (SSSR count). The number of nitrogens with zero attached hydrogens (tertiary/aromatic N) is 5. The molecule has 35 heavy (non-hydrogen) atoms. The summed E-state index contributed by atoms with van der Waals surface area (Å²) in [6, 6.07) is 14.7. The molecule has 0 aliphatic carbocycles. The quantitative estimate of drug-likeness (QED) is 0.448. The minimum absolute atomic E-state index is 0.0437. The number of amides is 1. The third-order valence-corrected chi connectivity index (χ3v) is 6.36. The highest BCUT2D eigenvalue weighted by molar-refractivity contribution is 5.73. The molecule has 0 saturated carbocycles. The molecule has 0 atom stereocenters. The molecule has 0 saturated heterocycles.